The minimum Gasteiger partial charge on any atom is -0.506 e. The molecule has 0 heterocycles. The quantitative estimate of drug-likeness (QED) is 0.585. The summed E-state index contributed by atoms with van der Waals surface area (Å²) < 4.78 is 13.1. The van der Waals surface area contributed by atoms with E-state index in [0.717, 1.165) is 6.07 Å². The molecule has 2 rings (SSSR count). The maximum Gasteiger partial charge on any atom is 0.257 e. The summed E-state index contributed by atoms with van der Waals surface area (Å²) in [7, 11) is 0. The van der Waals surface area contributed by atoms with Gasteiger partial charge in [0.25, 0.3) is 5.91 Å². The van der Waals surface area contributed by atoms with Gasteiger partial charge in [0.1, 0.15) is 11.6 Å². The molecule has 0 aliphatic heterocycles. The number of aromatic hydroxyl groups is 1. The van der Waals surface area contributed by atoms with Crippen molar-refractivity contribution >= 4 is 28.9 Å². The molecule has 6 heteroatoms. The highest BCUT2D eigenvalue weighted by molar-refractivity contribution is 6.32. The summed E-state index contributed by atoms with van der Waals surface area (Å²) in [5, 5.41) is 11.9. The van der Waals surface area contributed by atoms with Gasteiger partial charge in [-0.05, 0) is 36.4 Å². The number of amides is 1. The highest BCUT2D eigenvalue weighted by Crippen LogP contribution is 2.26. The first kappa shape index (κ1) is 13.2. The van der Waals surface area contributed by atoms with E-state index >= 15 is 0 Å². The molecular formula is C13H10ClFN2O2. The SMILES string of the molecule is Nc1ccc(F)cc1C(=O)Nc1ccc(O)c(Cl)c1. The van der Waals surface area contributed by atoms with Crippen LogP contribution < -0.4 is 11.1 Å². The van der Waals surface area contributed by atoms with Crippen LogP contribution in [0.15, 0.2) is 36.4 Å². The number of phenolic OH excluding ortho intramolecular Hbond substituents is 1. The number of carbonyl (C=O) groups excluding carboxylic acids is 1. The molecule has 0 aliphatic rings. The Kier molecular flexibility index (Phi) is 3.57. The molecule has 0 atom stereocenters. The molecule has 0 radical (unpaired) electrons. The Morgan fingerprint density at radius 3 is 2.68 bits per heavy atom. The molecule has 0 spiro atoms. The molecule has 0 aliphatic carbocycles. The zero-order valence-corrected chi connectivity index (χ0v) is 10.4. The Morgan fingerprint density at radius 1 is 1.26 bits per heavy atom. The van der Waals surface area contributed by atoms with E-state index in [1.54, 1.807) is 0 Å². The molecule has 0 fully saturated rings. The molecule has 4 nitrogen and oxygen atoms in total. The lowest BCUT2D eigenvalue weighted by atomic mass is 10.1. The van der Waals surface area contributed by atoms with E-state index in [1.807, 2.05) is 0 Å². The van der Waals surface area contributed by atoms with Crippen molar-refractivity contribution in [2.45, 2.75) is 0 Å². The Bertz CT molecular complexity index is 647. The number of nitrogens with two attached hydrogens (primary N) is 1. The number of nitrogen functional groups attached to an aromatic ring is 1. The summed E-state index contributed by atoms with van der Waals surface area (Å²) in [5.74, 6) is -1.20. The van der Waals surface area contributed by atoms with Crippen molar-refractivity contribution in [3.8, 4) is 5.75 Å². The van der Waals surface area contributed by atoms with Crippen LogP contribution in [0.25, 0.3) is 0 Å². The van der Waals surface area contributed by atoms with Crippen molar-refractivity contribution in [2.24, 2.45) is 0 Å². The van der Waals surface area contributed by atoms with Gasteiger partial charge >= 0.3 is 0 Å². The predicted octanol–water partition coefficient (Wildman–Crippen LogP) is 3.02. The van der Waals surface area contributed by atoms with E-state index in [1.165, 1.54) is 30.3 Å². The minimum absolute atomic E-state index is 0.0317. The van der Waals surface area contributed by atoms with Crippen LogP contribution in [0, 0.1) is 5.82 Å². The number of benzene rings is 2. The Labute approximate surface area is 113 Å². The number of rotatable bonds is 2. The van der Waals surface area contributed by atoms with Crippen molar-refractivity contribution in [3.05, 3.63) is 52.8 Å². The second-order valence-corrected chi connectivity index (χ2v) is 4.26. The minimum atomic E-state index is -0.557. The Morgan fingerprint density at radius 2 is 2.00 bits per heavy atom. The lowest BCUT2D eigenvalue weighted by Crippen LogP contribution is -2.14. The molecule has 0 aromatic heterocycles. The first-order chi connectivity index (χ1) is 8.97. The van der Waals surface area contributed by atoms with Gasteiger partial charge in [-0.25, -0.2) is 4.39 Å². The largest absolute Gasteiger partial charge is 0.506 e. The van der Waals surface area contributed by atoms with Crippen molar-refractivity contribution in [2.75, 3.05) is 11.1 Å². The monoisotopic (exact) mass is 280 g/mol. The number of nitrogens with one attached hydrogen (secondary N) is 1. The van der Waals surface area contributed by atoms with E-state index in [4.69, 9.17) is 17.3 Å². The summed E-state index contributed by atoms with van der Waals surface area (Å²) in [6, 6.07) is 7.72. The van der Waals surface area contributed by atoms with Gasteiger partial charge in [-0.15, -0.1) is 0 Å². The molecule has 0 unspecified atom stereocenters. The fraction of sp³-hybridized carbons (Fsp3) is 0. The van der Waals surface area contributed by atoms with Crippen LogP contribution >= 0.6 is 11.6 Å². The van der Waals surface area contributed by atoms with E-state index in [9.17, 15) is 14.3 Å². The molecule has 98 valence electrons. The topological polar surface area (TPSA) is 75.4 Å². The smallest absolute Gasteiger partial charge is 0.257 e. The maximum atomic E-state index is 13.1. The van der Waals surface area contributed by atoms with Gasteiger partial charge < -0.3 is 16.2 Å². The van der Waals surface area contributed by atoms with Gasteiger partial charge in [0.2, 0.25) is 0 Å². The van der Waals surface area contributed by atoms with Crippen LogP contribution in [0.2, 0.25) is 5.02 Å². The average molecular weight is 281 g/mol. The maximum absolute atomic E-state index is 13.1. The van der Waals surface area contributed by atoms with Crippen molar-refractivity contribution in [1.82, 2.24) is 0 Å². The van der Waals surface area contributed by atoms with E-state index in [0.29, 0.717) is 5.69 Å². The third kappa shape index (κ3) is 2.95. The molecular weight excluding hydrogens is 271 g/mol. The normalized spacial score (nSPS) is 10.2. The number of hydrogen-bond donors (Lipinski definition) is 3. The number of phenols is 1. The molecule has 2 aromatic carbocycles. The van der Waals surface area contributed by atoms with Gasteiger partial charge in [0.05, 0.1) is 10.6 Å². The number of hydrogen-bond acceptors (Lipinski definition) is 3. The summed E-state index contributed by atoms with van der Waals surface area (Å²) in [4.78, 5) is 11.9. The van der Waals surface area contributed by atoms with Gasteiger partial charge in [0, 0.05) is 11.4 Å². The van der Waals surface area contributed by atoms with Crippen LogP contribution in [-0.2, 0) is 0 Å². The first-order valence-electron chi connectivity index (χ1n) is 5.32. The van der Waals surface area contributed by atoms with Crippen LogP contribution in [0.5, 0.6) is 5.75 Å². The van der Waals surface area contributed by atoms with Gasteiger partial charge in [-0.1, -0.05) is 11.6 Å². The molecule has 19 heavy (non-hydrogen) atoms. The fourth-order valence-corrected chi connectivity index (χ4v) is 1.69. The molecule has 1 amide bonds. The number of anilines is 2. The third-order valence-corrected chi connectivity index (χ3v) is 2.77. The summed E-state index contributed by atoms with van der Waals surface area (Å²) in [6.07, 6.45) is 0. The molecule has 0 bridgehead atoms. The van der Waals surface area contributed by atoms with Crippen LogP contribution in [-0.4, -0.2) is 11.0 Å². The average Bonchev–Trinajstić information content (AvgIpc) is 2.36. The van der Waals surface area contributed by atoms with Gasteiger partial charge in [-0.3, -0.25) is 4.79 Å². The zero-order chi connectivity index (χ0) is 14.0. The van der Waals surface area contributed by atoms with Crippen molar-refractivity contribution < 1.29 is 14.3 Å². The summed E-state index contributed by atoms with van der Waals surface area (Å²) >= 11 is 5.71. The van der Waals surface area contributed by atoms with E-state index in [2.05, 4.69) is 5.32 Å². The molecule has 4 N–H and O–H groups in total. The van der Waals surface area contributed by atoms with Gasteiger partial charge in [-0.2, -0.15) is 0 Å². The molecule has 2 aromatic rings. The number of halogens is 2. The first-order valence-corrected chi connectivity index (χ1v) is 5.70. The van der Waals surface area contributed by atoms with E-state index in [-0.39, 0.29) is 22.0 Å². The second-order valence-electron chi connectivity index (χ2n) is 3.85. The Balaban J connectivity index is 2.25. The summed E-state index contributed by atoms with van der Waals surface area (Å²) in [5.41, 5.74) is 6.18. The lowest BCUT2D eigenvalue weighted by molar-refractivity contribution is 0.102. The van der Waals surface area contributed by atoms with Crippen molar-refractivity contribution in [1.29, 1.82) is 0 Å². The molecule has 0 saturated carbocycles. The predicted molar refractivity (Wildman–Crippen MR) is 71.9 cm³/mol. The lowest BCUT2D eigenvalue weighted by Gasteiger charge is -2.08. The number of carbonyl (C=O) groups is 1. The highest BCUT2D eigenvalue weighted by Gasteiger charge is 2.11. The summed E-state index contributed by atoms with van der Waals surface area (Å²) in [6.45, 7) is 0. The van der Waals surface area contributed by atoms with Crippen LogP contribution in [0.1, 0.15) is 10.4 Å². The zero-order valence-electron chi connectivity index (χ0n) is 9.65. The second kappa shape index (κ2) is 5.16. The fourth-order valence-electron chi connectivity index (χ4n) is 1.51. The Hall–Kier alpha value is -2.27. The third-order valence-electron chi connectivity index (χ3n) is 2.47. The molecule has 0 saturated heterocycles. The van der Waals surface area contributed by atoms with E-state index < -0.39 is 11.7 Å². The standard InChI is InChI=1S/C13H10ClFN2O2/c14-10-6-8(2-4-12(10)18)17-13(19)9-5-7(15)1-3-11(9)16/h1-6,18H,16H2,(H,17,19). The highest BCUT2D eigenvalue weighted by atomic mass is 35.5. The van der Waals surface area contributed by atoms with Crippen LogP contribution in [0.3, 0.4) is 0 Å². The van der Waals surface area contributed by atoms with Gasteiger partial charge in [0.15, 0.2) is 0 Å². The van der Waals surface area contributed by atoms with Crippen molar-refractivity contribution in [3.63, 3.8) is 0 Å². The van der Waals surface area contributed by atoms with Crippen LogP contribution in [0.4, 0.5) is 15.8 Å².